The molecule has 2 heterocycles. The number of methoxy groups -OCH3 is 1. The van der Waals surface area contributed by atoms with Gasteiger partial charge >= 0.3 is 0 Å². The van der Waals surface area contributed by atoms with E-state index in [1.165, 1.54) is 24.3 Å². The molecule has 0 atom stereocenters. The summed E-state index contributed by atoms with van der Waals surface area (Å²) < 4.78 is 5.13. The van der Waals surface area contributed by atoms with Crippen LogP contribution in [0, 0.1) is 6.92 Å². The summed E-state index contributed by atoms with van der Waals surface area (Å²) in [4.78, 5) is 8.53. The van der Waals surface area contributed by atoms with Crippen molar-refractivity contribution in [3.63, 3.8) is 0 Å². The van der Waals surface area contributed by atoms with E-state index in [2.05, 4.69) is 15.3 Å². The van der Waals surface area contributed by atoms with Crippen LogP contribution in [-0.2, 0) is 0 Å². The van der Waals surface area contributed by atoms with Crippen molar-refractivity contribution in [2.45, 2.75) is 25.8 Å². The highest BCUT2D eigenvalue weighted by Gasteiger charge is 2.14. The number of thioether (sulfide) groups is 1. The van der Waals surface area contributed by atoms with Gasteiger partial charge in [0, 0.05) is 12.1 Å². The van der Waals surface area contributed by atoms with E-state index in [9.17, 15) is 0 Å². The average Bonchev–Trinajstić information content (AvgIpc) is 2.29. The van der Waals surface area contributed by atoms with Crippen LogP contribution in [0.15, 0.2) is 6.07 Å². The second-order valence-corrected chi connectivity index (χ2v) is 5.10. The maximum Gasteiger partial charge on any atom is 0.218 e. The number of aromatic nitrogens is 2. The Hall–Kier alpha value is -0.970. The van der Waals surface area contributed by atoms with Crippen LogP contribution in [0.2, 0.25) is 0 Å². The normalized spacial score (nSPS) is 17.1. The van der Waals surface area contributed by atoms with Crippen molar-refractivity contribution in [3.05, 3.63) is 11.9 Å². The summed E-state index contributed by atoms with van der Waals surface area (Å²) in [6.45, 7) is 1.88. The minimum absolute atomic E-state index is 0.542. The molecule has 0 radical (unpaired) electrons. The van der Waals surface area contributed by atoms with Crippen LogP contribution in [0.4, 0.5) is 5.82 Å². The highest BCUT2D eigenvalue weighted by molar-refractivity contribution is 7.99. The Morgan fingerprint density at radius 3 is 2.81 bits per heavy atom. The summed E-state index contributed by atoms with van der Waals surface area (Å²) >= 11 is 2.02. The predicted octanol–water partition coefficient (Wildman–Crippen LogP) is 2.10. The van der Waals surface area contributed by atoms with Crippen LogP contribution in [0.25, 0.3) is 0 Å². The van der Waals surface area contributed by atoms with Crippen LogP contribution < -0.4 is 10.1 Å². The van der Waals surface area contributed by atoms with Crippen LogP contribution in [0.3, 0.4) is 0 Å². The molecule has 0 saturated carbocycles. The van der Waals surface area contributed by atoms with Crippen LogP contribution in [-0.4, -0.2) is 34.6 Å². The Kier molecular flexibility index (Phi) is 3.88. The van der Waals surface area contributed by atoms with Gasteiger partial charge in [-0.15, -0.1) is 0 Å². The smallest absolute Gasteiger partial charge is 0.218 e. The zero-order valence-electron chi connectivity index (χ0n) is 9.69. The minimum Gasteiger partial charge on any atom is -0.481 e. The highest BCUT2D eigenvalue weighted by Crippen LogP contribution is 2.21. The van der Waals surface area contributed by atoms with Crippen molar-refractivity contribution >= 4 is 17.6 Å². The SMILES string of the molecule is COc1cc(NC2CCSCC2)nc(C)n1. The van der Waals surface area contributed by atoms with Gasteiger partial charge in [0.15, 0.2) is 0 Å². The summed E-state index contributed by atoms with van der Waals surface area (Å²) in [5.74, 6) is 4.71. The average molecular weight is 239 g/mol. The summed E-state index contributed by atoms with van der Waals surface area (Å²) in [5.41, 5.74) is 0. The van der Waals surface area contributed by atoms with Gasteiger partial charge in [-0.1, -0.05) is 0 Å². The number of rotatable bonds is 3. The lowest BCUT2D eigenvalue weighted by molar-refractivity contribution is 0.395. The highest BCUT2D eigenvalue weighted by atomic mass is 32.2. The number of hydrogen-bond acceptors (Lipinski definition) is 5. The van der Waals surface area contributed by atoms with Crippen LogP contribution in [0.1, 0.15) is 18.7 Å². The first kappa shape index (κ1) is 11.5. The molecule has 1 saturated heterocycles. The van der Waals surface area contributed by atoms with Crippen molar-refractivity contribution in [2.24, 2.45) is 0 Å². The largest absolute Gasteiger partial charge is 0.481 e. The first-order valence-electron chi connectivity index (χ1n) is 5.52. The van der Waals surface area contributed by atoms with E-state index in [-0.39, 0.29) is 0 Å². The Morgan fingerprint density at radius 1 is 1.38 bits per heavy atom. The fourth-order valence-electron chi connectivity index (χ4n) is 1.77. The number of ether oxygens (including phenoxy) is 1. The van der Waals surface area contributed by atoms with Gasteiger partial charge in [0.1, 0.15) is 11.6 Å². The third kappa shape index (κ3) is 3.01. The number of nitrogens with one attached hydrogen (secondary N) is 1. The van der Waals surface area contributed by atoms with E-state index < -0.39 is 0 Å². The molecule has 0 amide bonds. The van der Waals surface area contributed by atoms with Gasteiger partial charge in [0.25, 0.3) is 0 Å². The first-order chi connectivity index (χ1) is 7.78. The van der Waals surface area contributed by atoms with Crippen LogP contribution in [0.5, 0.6) is 5.88 Å². The van der Waals surface area contributed by atoms with Gasteiger partial charge in [-0.25, -0.2) is 4.98 Å². The lowest BCUT2D eigenvalue weighted by atomic mass is 10.1. The Labute approximate surface area is 100 Å². The third-order valence-corrected chi connectivity index (χ3v) is 3.65. The summed E-state index contributed by atoms with van der Waals surface area (Å²) in [6, 6.07) is 2.40. The lowest BCUT2D eigenvalue weighted by Gasteiger charge is -2.23. The van der Waals surface area contributed by atoms with Crippen molar-refractivity contribution in [3.8, 4) is 5.88 Å². The molecule has 1 aromatic heterocycles. The van der Waals surface area contributed by atoms with Crippen molar-refractivity contribution in [1.82, 2.24) is 9.97 Å². The molecule has 0 spiro atoms. The maximum atomic E-state index is 5.13. The second kappa shape index (κ2) is 5.39. The molecular formula is C11H17N3OS. The quantitative estimate of drug-likeness (QED) is 0.875. The molecule has 1 aliphatic rings. The predicted molar refractivity (Wildman–Crippen MR) is 67.3 cm³/mol. The number of anilines is 1. The van der Waals surface area contributed by atoms with Gasteiger partial charge in [-0.3, -0.25) is 0 Å². The number of aryl methyl sites for hydroxylation is 1. The maximum absolute atomic E-state index is 5.13. The van der Waals surface area contributed by atoms with E-state index in [4.69, 9.17) is 4.74 Å². The number of nitrogens with zero attached hydrogens (tertiary/aromatic N) is 2. The molecule has 1 aromatic rings. The fraction of sp³-hybridized carbons (Fsp3) is 0.636. The summed E-state index contributed by atoms with van der Waals surface area (Å²) in [7, 11) is 1.63. The van der Waals surface area contributed by atoms with E-state index >= 15 is 0 Å². The van der Waals surface area contributed by atoms with Gasteiger partial charge in [0.2, 0.25) is 5.88 Å². The second-order valence-electron chi connectivity index (χ2n) is 3.87. The fourth-order valence-corrected chi connectivity index (χ4v) is 2.88. The van der Waals surface area contributed by atoms with E-state index in [1.54, 1.807) is 7.11 Å². The Morgan fingerprint density at radius 2 is 2.12 bits per heavy atom. The van der Waals surface area contributed by atoms with Gasteiger partial charge < -0.3 is 10.1 Å². The molecule has 1 fully saturated rings. The molecule has 1 aliphatic heterocycles. The van der Waals surface area contributed by atoms with Crippen molar-refractivity contribution in [2.75, 3.05) is 23.9 Å². The molecule has 0 aliphatic carbocycles. The molecule has 88 valence electrons. The standard InChI is InChI=1S/C11H17N3OS/c1-8-12-10(7-11(13-8)15-2)14-9-3-5-16-6-4-9/h7,9H,3-6H2,1-2H3,(H,12,13,14). The number of hydrogen-bond donors (Lipinski definition) is 1. The van der Waals surface area contributed by atoms with E-state index in [1.807, 2.05) is 24.8 Å². The van der Waals surface area contributed by atoms with Gasteiger partial charge in [-0.2, -0.15) is 16.7 Å². The van der Waals surface area contributed by atoms with E-state index in [0.717, 1.165) is 11.6 Å². The molecular weight excluding hydrogens is 222 g/mol. The molecule has 5 heteroatoms. The summed E-state index contributed by atoms with van der Waals surface area (Å²) in [6.07, 6.45) is 2.41. The Bertz CT molecular complexity index is 353. The molecule has 16 heavy (non-hydrogen) atoms. The third-order valence-electron chi connectivity index (χ3n) is 2.60. The molecule has 1 N–H and O–H groups in total. The summed E-state index contributed by atoms with van der Waals surface area (Å²) in [5, 5.41) is 3.45. The molecule has 0 bridgehead atoms. The van der Waals surface area contributed by atoms with Crippen molar-refractivity contribution < 1.29 is 4.74 Å². The van der Waals surface area contributed by atoms with Crippen LogP contribution >= 0.6 is 11.8 Å². The Balaban J connectivity index is 2.04. The first-order valence-corrected chi connectivity index (χ1v) is 6.67. The lowest BCUT2D eigenvalue weighted by Crippen LogP contribution is -2.25. The monoisotopic (exact) mass is 239 g/mol. The molecule has 4 nitrogen and oxygen atoms in total. The molecule has 0 unspecified atom stereocenters. The molecule has 2 rings (SSSR count). The molecule has 0 aromatic carbocycles. The van der Waals surface area contributed by atoms with Gasteiger partial charge in [-0.05, 0) is 31.3 Å². The zero-order valence-corrected chi connectivity index (χ0v) is 10.5. The minimum atomic E-state index is 0.542. The topological polar surface area (TPSA) is 47.0 Å². The zero-order chi connectivity index (χ0) is 11.4. The van der Waals surface area contributed by atoms with Crippen molar-refractivity contribution in [1.29, 1.82) is 0 Å². The van der Waals surface area contributed by atoms with E-state index in [0.29, 0.717) is 11.9 Å². The van der Waals surface area contributed by atoms with Gasteiger partial charge in [0.05, 0.1) is 7.11 Å².